The van der Waals surface area contributed by atoms with Gasteiger partial charge in [-0.25, -0.2) is 0 Å². The number of furan rings is 1. The first-order valence-electron chi connectivity index (χ1n) is 7.10. The van der Waals surface area contributed by atoms with Crippen LogP contribution in [0.15, 0.2) is 22.8 Å². The molecule has 1 aromatic rings. The second-order valence-electron chi connectivity index (χ2n) is 5.63. The topological polar surface area (TPSA) is 62.6 Å². The van der Waals surface area contributed by atoms with Crippen LogP contribution in [0.1, 0.15) is 39.4 Å². The second kappa shape index (κ2) is 5.69. The van der Waals surface area contributed by atoms with Crippen LogP contribution in [0.5, 0.6) is 0 Å². The second-order valence-corrected chi connectivity index (χ2v) is 5.63. The lowest BCUT2D eigenvalue weighted by molar-refractivity contribution is -0.151. The molecule has 20 heavy (non-hydrogen) atoms. The number of nitrogens with zero attached hydrogens (tertiary/aromatic N) is 1. The fraction of sp³-hybridized carbons (Fsp3) is 0.600. The first-order valence-corrected chi connectivity index (χ1v) is 7.10. The fourth-order valence-electron chi connectivity index (χ4n) is 2.50. The molecule has 2 heterocycles. The maximum Gasteiger partial charge on any atom is 0.248 e. The van der Waals surface area contributed by atoms with Crippen molar-refractivity contribution in [2.24, 2.45) is 0 Å². The standard InChI is InChI=1S/C15H22N2O3/c1-4-15(3)14(19)17(10-13(18)16-15)11(2)7-8-12-6-5-9-20-12/h5-6,9,11H,4,7-8,10H2,1-3H3,(H,16,18). The molecule has 1 aliphatic rings. The zero-order chi connectivity index (χ0) is 14.8. The summed E-state index contributed by atoms with van der Waals surface area (Å²) in [6.07, 6.45) is 3.79. The Morgan fingerprint density at radius 3 is 2.85 bits per heavy atom. The maximum absolute atomic E-state index is 12.5. The van der Waals surface area contributed by atoms with E-state index < -0.39 is 5.54 Å². The number of piperazine rings is 1. The van der Waals surface area contributed by atoms with Crippen LogP contribution in [0.2, 0.25) is 0 Å². The van der Waals surface area contributed by atoms with Crippen LogP contribution in [-0.2, 0) is 16.0 Å². The summed E-state index contributed by atoms with van der Waals surface area (Å²) in [5, 5.41) is 2.80. The minimum absolute atomic E-state index is 0.00606. The maximum atomic E-state index is 12.5. The molecular weight excluding hydrogens is 256 g/mol. The number of carbonyl (C=O) groups excluding carboxylic acids is 2. The van der Waals surface area contributed by atoms with E-state index in [4.69, 9.17) is 4.42 Å². The molecule has 0 aromatic carbocycles. The van der Waals surface area contributed by atoms with Gasteiger partial charge in [-0.2, -0.15) is 0 Å². The van der Waals surface area contributed by atoms with Crippen molar-refractivity contribution in [3.63, 3.8) is 0 Å². The molecule has 2 rings (SSSR count). The van der Waals surface area contributed by atoms with E-state index >= 15 is 0 Å². The van der Waals surface area contributed by atoms with Gasteiger partial charge >= 0.3 is 0 Å². The minimum atomic E-state index is -0.770. The van der Waals surface area contributed by atoms with E-state index in [1.54, 1.807) is 18.1 Å². The van der Waals surface area contributed by atoms with Gasteiger partial charge in [-0.1, -0.05) is 6.92 Å². The van der Waals surface area contributed by atoms with E-state index in [1.807, 2.05) is 26.0 Å². The van der Waals surface area contributed by atoms with Crippen molar-refractivity contribution in [3.8, 4) is 0 Å². The minimum Gasteiger partial charge on any atom is -0.469 e. The van der Waals surface area contributed by atoms with E-state index in [1.165, 1.54) is 0 Å². The molecule has 2 unspecified atom stereocenters. The van der Waals surface area contributed by atoms with Crippen molar-refractivity contribution in [1.82, 2.24) is 10.2 Å². The summed E-state index contributed by atoms with van der Waals surface area (Å²) >= 11 is 0. The molecular formula is C15H22N2O3. The van der Waals surface area contributed by atoms with E-state index in [0.717, 1.165) is 18.6 Å². The van der Waals surface area contributed by atoms with Crippen LogP contribution in [-0.4, -0.2) is 34.8 Å². The normalized spacial score (nSPS) is 24.6. The molecule has 1 N–H and O–H groups in total. The number of nitrogens with one attached hydrogen (secondary N) is 1. The van der Waals surface area contributed by atoms with Gasteiger partial charge in [0.1, 0.15) is 11.3 Å². The molecule has 1 aliphatic heterocycles. The molecule has 0 radical (unpaired) electrons. The van der Waals surface area contributed by atoms with E-state index in [2.05, 4.69) is 5.32 Å². The summed E-state index contributed by atoms with van der Waals surface area (Å²) in [6.45, 7) is 5.83. The van der Waals surface area contributed by atoms with Gasteiger partial charge in [0.05, 0.1) is 12.8 Å². The number of hydrogen-bond donors (Lipinski definition) is 1. The summed E-state index contributed by atoms with van der Waals surface area (Å²) in [5.41, 5.74) is -0.770. The number of rotatable bonds is 5. The van der Waals surface area contributed by atoms with Gasteiger partial charge in [0.15, 0.2) is 0 Å². The number of amides is 2. The summed E-state index contributed by atoms with van der Waals surface area (Å²) in [6, 6.07) is 3.80. The smallest absolute Gasteiger partial charge is 0.248 e. The summed E-state index contributed by atoms with van der Waals surface area (Å²) in [7, 11) is 0. The summed E-state index contributed by atoms with van der Waals surface area (Å²) in [4.78, 5) is 26.0. The van der Waals surface area contributed by atoms with Crippen LogP contribution in [0, 0.1) is 0 Å². The lowest BCUT2D eigenvalue weighted by Gasteiger charge is -2.42. The Hall–Kier alpha value is -1.78. The Labute approximate surface area is 119 Å². The Kier molecular flexibility index (Phi) is 4.16. The Balaban J connectivity index is 2.02. The number of carbonyl (C=O) groups is 2. The highest BCUT2D eigenvalue weighted by Gasteiger charge is 2.42. The molecule has 0 aliphatic carbocycles. The van der Waals surface area contributed by atoms with Crippen molar-refractivity contribution >= 4 is 11.8 Å². The molecule has 110 valence electrons. The number of hydrogen-bond acceptors (Lipinski definition) is 3. The average molecular weight is 278 g/mol. The highest BCUT2D eigenvalue weighted by Crippen LogP contribution is 2.21. The van der Waals surface area contributed by atoms with E-state index in [-0.39, 0.29) is 24.4 Å². The van der Waals surface area contributed by atoms with Gasteiger partial charge in [-0.15, -0.1) is 0 Å². The molecule has 2 amide bonds. The van der Waals surface area contributed by atoms with Crippen molar-refractivity contribution in [2.45, 2.75) is 51.6 Å². The zero-order valence-electron chi connectivity index (χ0n) is 12.3. The lowest BCUT2D eigenvalue weighted by Crippen LogP contribution is -2.66. The molecule has 0 bridgehead atoms. The van der Waals surface area contributed by atoms with Gasteiger partial charge in [0, 0.05) is 12.5 Å². The van der Waals surface area contributed by atoms with Crippen LogP contribution in [0.25, 0.3) is 0 Å². The molecule has 0 saturated carbocycles. The third-order valence-corrected chi connectivity index (χ3v) is 4.09. The zero-order valence-corrected chi connectivity index (χ0v) is 12.3. The largest absolute Gasteiger partial charge is 0.469 e. The molecule has 1 fully saturated rings. The van der Waals surface area contributed by atoms with E-state index in [9.17, 15) is 9.59 Å². The molecule has 1 saturated heterocycles. The van der Waals surface area contributed by atoms with Crippen LogP contribution < -0.4 is 5.32 Å². The molecule has 0 spiro atoms. The van der Waals surface area contributed by atoms with E-state index in [0.29, 0.717) is 6.42 Å². The molecule has 5 heteroatoms. The van der Waals surface area contributed by atoms with Crippen LogP contribution in [0.3, 0.4) is 0 Å². The predicted molar refractivity (Wildman–Crippen MR) is 75.0 cm³/mol. The van der Waals surface area contributed by atoms with Gasteiger partial charge in [-0.05, 0) is 38.8 Å². The highest BCUT2D eigenvalue weighted by atomic mass is 16.3. The third-order valence-electron chi connectivity index (χ3n) is 4.09. The highest BCUT2D eigenvalue weighted by molar-refractivity contribution is 5.97. The number of aryl methyl sites for hydroxylation is 1. The van der Waals surface area contributed by atoms with Gasteiger partial charge < -0.3 is 14.6 Å². The predicted octanol–water partition coefficient (Wildman–Crippen LogP) is 1.73. The first kappa shape index (κ1) is 14.6. The van der Waals surface area contributed by atoms with Gasteiger partial charge in [-0.3, -0.25) is 9.59 Å². The van der Waals surface area contributed by atoms with Crippen molar-refractivity contribution in [3.05, 3.63) is 24.2 Å². The molecule has 5 nitrogen and oxygen atoms in total. The molecule has 1 aromatic heterocycles. The Morgan fingerprint density at radius 2 is 2.25 bits per heavy atom. The first-order chi connectivity index (χ1) is 9.46. The van der Waals surface area contributed by atoms with Gasteiger partial charge in [0.2, 0.25) is 11.8 Å². The average Bonchev–Trinajstić information content (AvgIpc) is 2.93. The Morgan fingerprint density at radius 1 is 1.50 bits per heavy atom. The van der Waals surface area contributed by atoms with Crippen LogP contribution in [0.4, 0.5) is 0 Å². The van der Waals surface area contributed by atoms with Crippen molar-refractivity contribution in [2.75, 3.05) is 6.54 Å². The Bertz CT molecular complexity index is 483. The molecule has 2 atom stereocenters. The fourth-order valence-corrected chi connectivity index (χ4v) is 2.50. The van der Waals surface area contributed by atoms with Gasteiger partial charge in [0.25, 0.3) is 0 Å². The van der Waals surface area contributed by atoms with Crippen LogP contribution >= 0.6 is 0 Å². The van der Waals surface area contributed by atoms with Crippen molar-refractivity contribution in [1.29, 1.82) is 0 Å². The van der Waals surface area contributed by atoms with Crippen molar-refractivity contribution < 1.29 is 14.0 Å². The third kappa shape index (κ3) is 2.86. The SMILES string of the molecule is CCC1(C)NC(=O)CN(C(C)CCc2ccco2)C1=O. The lowest BCUT2D eigenvalue weighted by atomic mass is 9.93. The quantitative estimate of drug-likeness (QED) is 0.892. The summed E-state index contributed by atoms with van der Waals surface area (Å²) in [5.74, 6) is 0.828. The summed E-state index contributed by atoms with van der Waals surface area (Å²) < 4.78 is 5.30. The monoisotopic (exact) mass is 278 g/mol.